The lowest BCUT2D eigenvalue weighted by atomic mass is 10.2. The monoisotopic (exact) mass is 467 g/mol. The maximum Gasteiger partial charge on any atom is 0.277 e. The number of hydrogen-bond acceptors (Lipinski definition) is 5. The minimum absolute atomic E-state index is 0.152. The molecule has 0 saturated carbocycles. The van der Waals surface area contributed by atoms with E-state index < -0.39 is 0 Å². The summed E-state index contributed by atoms with van der Waals surface area (Å²) in [6.45, 7) is 5.81. The summed E-state index contributed by atoms with van der Waals surface area (Å²) in [5.74, 6) is 0.852. The molecule has 0 heterocycles. The molecule has 0 atom stereocenters. The molecule has 150 valence electrons. The lowest BCUT2D eigenvalue weighted by Crippen LogP contribution is -2.24. The Balaban J connectivity index is 1.99. The number of carbonyl (C=O) groups excluding carboxylic acids is 1. The largest absolute Gasteiger partial charge is 0.496 e. The normalized spacial score (nSPS) is 10.8. The standard InChI is InChI=1S/C20H23BrClN3O3/c1-4-25(5-2)18-11-19(27-3)14(10-17(18)21)12-23-24-20(26)13-28-16-8-6-15(22)7-9-16/h6-12H,4-5,13H2,1-3H3,(H,24,26)/b23-12-. The van der Waals surface area contributed by atoms with Gasteiger partial charge in [0.05, 0.1) is 19.0 Å². The first kappa shape index (κ1) is 22.0. The second-order valence-electron chi connectivity index (χ2n) is 5.75. The molecule has 0 saturated heterocycles. The van der Waals surface area contributed by atoms with E-state index in [1.807, 2.05) is 12.1 Å². The minimum atomic E-state index is -0.371. The van der Waals surface area contributed by atoms with E-state index in [-0.39, 0.29) is 12.5 Å². The molecule has 0 radical (unpaired) electrons. The molecule has 0 unspecified atom stereocenters. The van der Waals surface area contributed by atoms with E-state index in [1.165, 1.54) is 6.21 Å². The number of benzene rings is 2. The predicted molar refractivity (Wildman–Crippen MR) is 117 cm³/mol. The summed E-state index contributed by atoms with van der Waals surface area (Å²) >= 11 is 9.40. The van der Waals surface area contributed by atoms with Crippen molar-refractivity contribution < 1.29 is 14.3 Å². The van der Waals surface area contributed by atoms with E-state index in [9.17, 15) is 4.79 Å². The Bertz CT molecular complexity index is 824. The van der Waals surface area contributed by atoms with Gasteiger partial charge in [-0.1, -0.05) is 11.6 Å². The van der Waals surface area contributed by atoms with Crippen LogP contribution in [0.5, 0.6) is 11.5 Å². The van der Waals surface area contributed by atoms with Crippen LogP contribution in [0.25, 0.3) is 0 Å². The van der Waals surface area contributed by atoms with Crippen molar-refractivity contribution in [3.63, 3.8) is 0 Å². The molecule has 0 bridgehead atoms. The molecule has 1 N–H and O–H groups in total. The summed E-state index contributed by atoms with van der Waals surface area (Å²) in [5.41, 5.74) is 4.22. The van der Waals surface area contributed by atoms with Gasteiger partial charge in [-0.25, -0.2) is 5.43 Å². The van der Waals surface area contributed by atoms with Crippen molar-refractivity contribution in [3.8, 4) is 11.5 Å². The number of halogens is 2. The molecule has 2 rings (SSSR count). The number of hydrazone groups is 1. The summed E-state index contributed by atoms with van der Waals surface area (Å²) in [5, 5.41) is 4.60. The summed E-state index contributed by atoms with van der Waals surface area (Å²) in [6.07, 6.45) is 1.54. The maximum atomic E-state index is 11.9. The van der Waals surface area contributed by atoms with Gasteiger partial charge < -0.3 is 14.4 Å². The molecule has 2 aromatic rings. The van der Waals surface area contributed by atoms with Gasteiger partial charge in [0.25, 0.3) is 5.91 Å². The number of rotatable bonds is 9. The fourth-order valence-electron chi connectivity index (χ4n) is 2.53. The van der Waals surface area contributed by atoms with E-state index in [4.69, 9.17) is 21.1 Å². The van der Waals surface area contributed by atoms with Gasteiger partial charge in [-0.05, 0) is 60.1 Å². The van der Waals surface area contributed by atoms with Crippen molar-refractivity contribution >= 4 is 45.3 Å². The molecular weight excluding hydrogens is 446 g/mol. The quantitative estimate of drug-likeness (QED) is 0.435. The Morgan fingerprint density at radius 2 is 1.93 bits per heavy atom. The fourth-order valence-corrected chi connectivity index (χ4v) is 3.27. The van der Waals surface area contributed by atoms with Crippen molar-refractivity contribution in [2.24, 2.45) is 5.10 Å². The fraction of sp³-hybridized carbons (Fsp3) is 0.300. The number of nitrogens with zero attached hydrogens (tertiary/aromatic N) is 2. The number of anilines is 1. The molecule has 28 heavy (non-hydrogen) atoms. The van der Waals surface area contributed by atoms with E-state index in [0.717, 1.165) is 28.8 Å². The van der Waals surface area contributed by atoms with Gasteiger partial charge in [-0.3, -0.25) is 4.79 Å². The summed E-state index contributed by atoms with van der Waals surface area (Å²) < 4.78 is 11.8. The second kappa shape index (κ2) is 10.9. The molecule has 0 aliphatic carbocycles. The van der Waals surface area contributed by atoms with Crippen LogP contribution < -0.4 is 19.8 Å². The molecule has 0 aliphatic heterocycles. The third kappa shape index (κ3) is 6.14. The van der Waals surface area contributed by atoms with Crippen molar-refractivity contribution in [2.45, 2.75) is 13.8 Å². The highest BCUT2D eigenvalue weighted by atomic mass is 79.9. The zero-order valence-electron chi connectivity index (χ0n) is 16.0. The number of ether oxygens (including phenoxy) is 2. The lowest BCUT2D eigenvalue weighted by molar-refractivity contribution is -0.123. The molecule has 0 aromatic heterocycles. The van der Waals surface area contributed by atoms with Crippen LogP contribution in [-0.4, -0.2) is 38.9 Å². The molecule has 0 aliphatic rings. The number of amides is 1. The Morgan fingerprint density at radius 1 is 1.25 bits per heavy atom. The number of hydrogen-bond donors (Lipinski definition) is 1. The summed E-state index contributed by atoms with van der Waals surface area (Å²) in [4.78, 5) is 14.1. The average Bonchev–Trinajstić information content (AvgIpc) is 2.70. The molecule has 0 fully saturated rings. The van der Waals surface area contributed by atoms with Gasteiger partial charge in [0, 0.05) is 34.2 Å². The number of nitrogens with one attached hydrogen (secondary N) is 1. The zero-order valence-corrected chi connectivity index (χ0v) is 18.4. The Labute approximate surface area is 178 Å². The van der Waals surface area contributed by atoms with Gasteiger partial charge in [0.15, 0.2) is 6.61 Å². The smallest absolute Gasteiger partial charge is 0.277 e. The SMILES string of the molecule is CCN(CC)c1cc(OC)c(/C=N\NC(=O)COc2ccc(Cl)cc2)cc1Br. The summed E-state index contributed by atoms with van der Waals surface area (Å²) in [6, 6.07) is 10.6. The first-order chi connectivity index (χ1) is 13.5. The van der Waals surface area contributed by atoms with E-state index >= 15 is 0 Å². The van der Waals surface area contributed by atoms with Crippen LogP contribution in [0.2, 0.25) is 5.02 Å². The van der Waals surface area contributed by atoms with E-state index in [0.29, 0.717) is 16.5 Å². The summed E-state index contributed by atoms with van der Waals surface area (Å²) in [7, 11) is 1.60. The molecule has 6 nitrogen and oxygen atoms in total. The average molecular weight is 469 g/mol. The highest BCUT2D eigenvalue weighted by molar-refractivity contribution is 9.10. The highest BCUT2D eigenvalue weighted by Gasteiger charge is 2.12. The van der Waals surface area contributed by atoms with Crippen molar-refractivity contribution in [1.29, 1.82) is 0 Å². The molecule has 8 heteroatoms. The topological polar surface area (TPSA) is 63.2 Å². The molecular formula is C20H23BrClN3O3. The van der Waals surface area contributed by atoms with Crippen molar-refractivity contribution in [1.82, 2.24) is 5.43 Å². The van der Waals surface area contributed by atoms with Gasteiger partial charge in [-0.15, -0.1) is 0 Å². The lowest BCUT2D eigenvalue weighted by Gasteiger charge is -2.23. The third-order valence-electron chi connectivity index (χ3n) is 3.98. The van der Waals surface area contributed by atoms with E-state index in [2.05, 4.69) is 45.2 Å². The molecule has 1 amide bonds. The van der Waals surface area contributed by atoms with Gasteiger partial charge >= 0.3 is 0 Å². The van der Waals surface area contributed by atoms with Crippen LogP contribution in [0.15, 0.2) is 46.0 Å². The van der Waals surface area contributed by atoms with Gasteiger partial charge in [-0.2, -0.15) is 5.10 Å². The maximum absolute atomic E-state index is 11.9. The zero-order chi connectivity index (χ0) is 20.5. The second-order valence-corrected chi connectivity index (χ2v) is 7.04. The Hall–Kier alpha value is -2.25. The molecule has 2 aromatic carbocycles. The Kier molecular flexibility index (Phi) is 8.60. The van der Waals surface area contributed by atoms with E-state index in [1.54, 1.807) is 31.4 Å². The van der Waals surface area contributed by atoms with Crippen LogP contribution >= 0.6 is 27.5 Å². The van der Waals surface area contributed by atoms with Gasteiger partial charge in [0.2, 0.25) is 0 Å². The first-order valence-corrected chi connectivity index (χ1v) is 9.98. The van der Waals surface area contributed by atoms with Crippen molar-refractivity contribution in [2.75, 3.05) is 31.7 Å². The predicted octanol–water partition coefficient (Wildman–Crippen LogP) is 4.49. The third-order valence-corrected chi connectivity index (χ3v) is 4.87. The van der Waals surface area contributed by atoms with Crippen LogP contribution in [0.4, 0.5) is 5.69 Å². The van der Waals surface area contributed by atoms with Crippen LogP contribution in [0, 0.1) is 0 Å². The number of carbonyl (C=O) groups is 1. The minimum Gasteiger partial charge on any atom is -0.496 e. The van der Waals surface area contributed by atoms with Gasteiger partial charge in [0.1, 0.15) is 11.5 Å². The number of methoxy groups -OCH3 is 1. The van der Waals surface area contributed by atoms with Crippen LogP contribution in [0.3, 0.4) is 0 Å². The highest BCUT2D eigenvalue weighted by Crippen LogP contribution is 2.33. The van der Waals surface area contributed by atoms with Crippen LogP contribution in [-0.2, 0) is 4.79 Å². The molecule has 0 spiro atoms. The van der Waals surface area contributed by atoms with Crippen LogP contribution in [0.1, 0.15) is 19.4 Å². The Morgan fingerprint density at radius 3 is 2.54 bits per heavy atom. The van der Waals surface area contributed by atoms with Crippen molar-refractivity contribution in [3.05, 3.63) is 51.5 Å². The first-order valence-electron chi connectivity index (χ1n) is 8.81.